The number of hydrogen-bond acceptors (Lipinski definition) is 4. The molecule has 0 heterocycles. The van der Waals surface area contributed by atoms with Crippen LogP contribution in [-0.4, -0.2) is 29.6 Å². The Labute approximate surface area is 161 Å². The molecule has 0 unspecified atom stereocenters. The Morgan fingerprint density at radius 2 is 2.11 bits per heavy atom. The normalized spacial score (nSPS) is 44.4. The van der Waals surface area contributed by atoms with Crippen molar-refractivity contribution in [3.8, 4) is 0 Å². The van der Waals surface area contributed by atoms with Crippen molar-refractivity contribution >= 4 is 11.8 Å². The molecule has 0 amide bonds. The number of carbonyl (C=O) groups is 2. The van der Waals surface area contributed by atoms with Crippen LogP contribution in [-0.2, 0) is 14.3 Å². The van der Waals surface area contributed by atoms with E-state index < -0.39 is 6.10 Å². The minimum absolute atomic E-state index is 0.0213. The van der Waals surface area contributed by atoms with Gasteiger partial charge in [0.2, 0.25) is 0 Å². The van der Waals surface area contributed by atoms with Crippen LogP contribution in [0.1, 0.15) is 52.9 Å². The molecule has 3 fully saturated rings. The first-order valence-electron chi connectivity index (χ1n) is 10.2. The van der Waals surface area contributed by atoms with Gasteiger partial charge in [0.25, 0.3) is 0 Å². The summed E-state index contributed by atoms with van der Waals surface area (Å²) in [7, 11) is 0. The topological polar surface area (TPSA) is 63.6 Å². The zero-order valence-corrected chi connectivity index (χ0v) is 16.5. The number of aliphatic hydroxyl groups excluding tert-OH is 1. The molecule has 4 aliphatic rings. The fourth-order valence-corrected chi connectivity index (χ4v) is 6.77. The Bertz CT molecular complexity index is 760. The molecule has 1 N–H and O–H groups in total. The van der Waals surface area contributed by atoms with Crippen LogP contribution in [0.25, 0.3) is 0 Å². The zero-order valence-electron chi connectivity index (χ0n) is 16.5. The standard InChI is InChI=1S/C23H30O4/c1-14(24)27-11-9-15-5-7-19-18-6-4-16-12-17(25)8-10-22(16,2)21(18)20(26)13-23(15,19)3/h8-10,12,18-21,26H,4-7,11,13H2,1-3H3/b15-9-/t18-,19-,20-,21+,22-,23+/m0/s1. The number of esters is 1. The van der Waals surface area contributed by atoms with Gasteiger partial charge in [-0.3, -0.25) is 9.59 Å². The van der Waals surface area contributed by atoms with Gasteiger partial charge < -0.3 is 9.84 Å². The molecule has 0 radical (unpaired) electrons. The van der Waals surface area contributed by atoms with Gasteiger partial charge >= 0.3 is 5.97 Å². The van der Waals surface area contributed by atoms with Crippen molar-refractivity contribution in [2.24, 2.45) is 28.6 Å². The first-order chi connectivity index (χ1) is 12.8. The van der Waals surface area contributed by atoms with Gasteiger partial charge in [-0.2, -0.15) is 0 Å². The average Bonchev–Trinajstić information content (AvgIpc) is 2.91. The van der Waals surface area contributed by atoms with E-state index in [1.165, 1.54) is 18.1 Å². The summed E-state index contributed by atoms with van der Waals surface area (Å²) in [6.07, 6.45) is 12.1. The van der Waals surface area contributed by atoms with E-state index in [9.17, 15) is 14.7 Å². The van der Waals surface area contributed by atoms with Crippen molar-refractivity contribution in [3.05, 3.63) is 35.5 Å². The van der Waals surface area contributed by atoms with Gasteiger partial charge in [-0.1, -0.05) is 31.1 Å². The second kappa shape index (κ2) is 6.44. The van der Waals surface area contributed by atoms with Crippen LogP contribution in [0.2, 0.25) is 0 Å². The first kappa shape index (κ1) is 18.7. The van der Waals surface area contributed by atoms with Crippen LogP contribution in [0.15, 0.2) is 35.5 Å². The zero-order chi connectivity index (χ0) is 19.4. The predicted molar refractivity (Wildman–Crippen MR) is 103 cm³/mol. The highest BCUT2D eigenvalue weighted by atomic mass is 16.5. The van der Waals surface area contributed by atoms with Gasteiger partial charge in [0.1, 0.15) is 6.61 Å². The third-order valence-electron chi connectivity index (χ3n) is 7.96. The van der Waals surface area contributed by atoms with Crippen LogP contribution in [0.4, 0.5) is 0 Å². The lowest BCUT2D eigenvalue weighted by Gasteiger charge is -2.58. The van der Waals surface area contributed by atoms with Crippen LogP contribution < -0.4 is 0 Å². The Morgan fingerprint density at radius 3 is 2.85 bits per heavy atom. The molecule has 4 rings (SSSR count). The van der Waals surface area contributed by atoms with Crippen molar-refractivity contribution in [2.45, 2.75) is 59.0 Å². The summed E-state index contributed by atoms with van der Waals surface area (Å²) in [6.45, 7) is 6.25. The van der Waals surface area contributed by atoms with Gasteiger partial charge in [-0.05, 0) is 67.6 Å². The second-order valence-electron chi connectivity index (χ2n) is 9.28. The van der Waals surface area contributed by atoms with E-state index in [0.717, 1.165) is 32.1 Å². The molecule has 6 atom stereocenters. The summed E-state index contributed by atoms with van der Waals surface area (Å²) in [5.41, 5.74) is 2.31. The minimum atomic E-state index is -0.391. The smallest absolute Gasteiger partial charge is 0.302 e. The fourth-order valence-electron chi connectivity index (χ4n) is 6.77. The largest absolute Gasteiger partial charge is 0.462 e. The van der Waals surface area contributed by atoms with Gasteiger partial charge in [0, 0.05) is 18.3 Å². The third kappa shape index (κ3) is 2.84. The summed E-state index contributed by atoms with van der Waals surface area (Å²) >= 11 is 0. The number of allylic oxidation sites excluding steroid dienone is 5. The quantitative estimate of drug-likeness (QED) is 0.594. The van der Waals surface area contributed by atoms with Crippen molar-refractivity contribution < 1.29 is 19.4 Å². The summed E-state index contributed by atoms with van der Waals surface area (Å²) in [5.74, 6) is 0.992. The number of aliphatic hydroxyl groups is 1. The summed E-state index contributed by atoms with van der Waals surface area (Å²) in [4.78, 5) is 22.9. The fraction of sp³-hybridized carbons (Fsp3) is 0.652. The highest BCUT2D eigenvalue weighted by molar-refractivity contribution is 6.01. The van der Waals surface area contributed by atoms with Crippen molar-refractivity contribution in [1.82, 2.24) is 0 Å². The summed E-state index contributed by atoms with van der Waals surface area (Å²) in [6, 6.07) is 0. The van der Waals surface area contributed by atoms with E-state index in [4.69, 9.17) is 4.74 Å². The van der Waals surface area contributed by atoms with E-state index in [-0.39, 0.29) is 28.5 Å². The van der Waals surface area contributed by atoms with E-state index in [2.05, 4.69) is 26.0 Å². The van der Waals surface area contributed by atoms with Crippen molar-refractivity contribution in [1.29, 1.82) is 0 Å². The van der Waals surface area contributed by atoms with E-state index in [1.807, 2.05) is 0 Å². The molecule has 27 heavy (non-hydrogen) atoms. The Kier molecular flexibility index (Phi) is 4.45. The molecule has 0 aromatic rings. The monoisotopic (exact) mass is 370 g/mol. The Balaban J connectivity index is 1.64. The van der Waals surface area contributed by atoms with Crippen molar-refractivity contribution in [2.75, 3.05) is 6.61 Å². The Morgan fingerprint density at radius 1 is 1.33 bits per heavy atom. The predicted octanol–water partition coefficient (Wildman–Crippen LogP) is 3.75. The van der Waals surface area contributed by atoms with Gasteiger partial charge in [0.15, 0.2) is 5.78 Å². The van der Waals surface area contributed by atoms with E-state index in [1.54, 1.807) is 12.2 Å². The third-order valence-corrected chi connectivity index (χ3v) is 7.96. The van der Waals surface area contributed by atoms with E-state index >= 15 is 0 Å². The molecule has 3 saturated carbocycles. The maximum Gasteiger partial charge on any atom is 0.302 e. The number of fused-ring (bicyclic) bond motifs is 5. The molecule has 146 valence electrons. The van der Waals surface area contributed by atoms with Gasteiger partial charge in [-0.25, -0.2) is 0 Å². The number of rotatable bonds is 2. The maximum atomic E-state index is 11.9. The average molecular weight is 370 g/mol. The van der Waals surface area contributed by atoms with Gasteiger partial charge in [0.05, 0.1) is 6.10 Å². The summed E-state index contributed by atoms with van der Waals surface area (Å²) < 4.78 is 5.13. The first-order valence-corrected chi connectivity index (χ1v) is 10.2. The maximum absolute atomic E-state index is 11.9. The lowest BCUT2D eigenvalue weighted by atomic mass is 9.47. The van der Waals surface area contributed by atoms with Crippen LogP contribution in [0.5, 0.6) is 0 Å². The lowest BCUT2D eigenvalue weighted by Crippen LogP contribution is -2.55. The molecule has 4 aliphatic carbocycles. The van der Waals surface area contributed by atoms with Crippen LogP contribution >= 0.6 is 0 Å². The second-order valence-corrected chi connectivity index (χ2v) is 9.28. The summed E-state index contributed by atoms with van der Waals surface area (Å²) in [5, 5.41) is 11.3. The minimum Gasteiger partial charge on any atom is -0.462 e. The van der Waals surface area contributed by atoms with Gasteiger partial charge in [-0.15, -0.1) is 0 Å². The Hall–Kier alpha value is -1.68. The molecule has 0 bridgehead atoms. The molecule has 0 aromatic heterocycles. The molecule has 0 aliphatic heterocycles. The molecule has 4 nitrogen and oxygen atoms in total. The highest BCUT2D eigenvalue weighted by Crippen LogP contribution is 2.65. The number of hydrogen-bond donors (Lipinski definition) is 1. The van der Waals surface area contributed by atoms with Crippen LogP contribution in [0.3, 0.4) is 0 Å². The highest BCUT2D eigenvalue weighted by Gasteiger charge is 2.60. The molecule has 0 spiro atoms. The molecular weight excluding hydrogens is 340 g/mol. The molecule has 4 heteroatoms. The van der Waals surface area contributed by atoms with Crippen LogP contribution in [0, 0.1) is 28.6 Å². The molecule has 0 aromatic carbocycles. The SMILES string of the molecule is CC(=O)OC/C=C1/CC[C@H]2[C@@H]3CCC4=CC(=O)C=C[C@]4(C)[C@H]3[C@@H](O)C[C@]12C. The molecular formula is C23H30O4. The lowest BCUT2D eigenvalue weighted by molar-refractivity contribution is -0.139. The van der Waals surface area contributed by atoms with E-state index in [0.29, 0.717) is 18.4 Å². The van der Waals surface area contributed by atoms with Crippen molar-refractivity contribution in [3.63, 3.8) is 0 Å². The molecule has 0 saturated heterocycles. The number of ketones is 1. The number of ether oxygens (including phenoxy) is 1. The number of carbonyl (C=O) groups excluding carboxylic acids is 2.